The van der Waals surface area contributed by atoms with Crippen LogP contribution in [0, 0.1) is 27.7 Å². The Morgan fingerprint density at radius 1 is 1.07 bits per heavy atom. The van der Waals surface area contributed by atoms with Crippen molar-refractivity contribution in [2.45, 2.75) is 37.7 Å². The highest BCUT2D eigenvalue weighted by atomic mass is 35.5. The Labute approximate surface area is 186 Å². The van der Waals surface area contributed by atoms with Crippen molar-refractivity contribution >= 4 is 39.3 Å². The molecule has 0 aliphatic carbocycles. The van der Waals surface area contributed by atoms with E-state index in [2.05, 4.69) is 9.97 Å². The fourth-order valence-electron chi connectivity index (χ4n) is 3.58. The molecule has 10 heteroatoms. The summed E-state index contributed by atoms with van der Waals surface area (Å²) in [5.74, 6) is -0.312. The Balaban J connectivity index is 1.82. The van der Waals surface area contributed by atoms with Crippen LogP contribution in [0.1, 0.15) is 32.7 Å². The first-order valence-electron chi connectivity index (χ1n) is 9.51. The van der Waals surface area contributed by atoms with Gasteiger partial charge in [-0.15, -0.1) is 0 Å². The van der Waals surface area contributed by atoms with E-state index in [-0.39, 0.29) is 42.8 Å². The van der Waals surface area contributed by atoms with Gasteiger partial charge in [0.15, 0.2) is 10.9 Å². The normalized spacial score (nSPS) is 15.5. The van der Waals surface area contributed by atoms with Crippen molar-refractivity contribution in [3.05, 3.63) is 45.2 Å². The van der Waals surface area contributed by atoms with Crippen molar-refractivity contribution in [1.29, 1.82) is 0 Å². The zero-order valence-corrected chi connectivity index (χ0v) is 20.1. The smallest absolute Gasteiger partial charge is 0.274 e. The van der Waals surface area contributed by atoms with Gasteiger partial charge in [0.2, 0.25) is 10.0 Å². The monoisotopic (exact) mass is 468 g/mol. The van der Waals surface area contributed by atoms with Gasteiger partial charge in [0.25, 0.3) is 5.91 Å². The van der Waals surface area contributed by atoms with E-state index >= 15 is 0 Å². The van der Waals surface area contributed by atoms with Crippen LogP contribution in [0.3, 0.4) is 0 Å². The second kappa shape index (κ2) is 8.82. The standard InChI is InChI=1S/C20H25ClN4O3S2/c1-12-10-13(2)15(4)18(14(12)3)30(27,28)25-8-6-24(7-9-25)19(26)17-16(21)11-22-20(23-17)29-5/h10-11H,6-9H2,1-5H3. The molecule has 162 valence electrons. The van der Waals surface area contributed by atoms with Gasteiger partial charge in [-0.2, -0.15) is 4.31 Å². The van der Waals surface area contributed by atoms with Gasteiger partial charge in [-0.3, -0.25) is 4.79 Å². The summed E-state index contributed by atoms with van der Waals surface area (Å²) in [5, 5.41) is 0.652. The van der Waals surface area contributed by atoms with Crippen molar-refractivity contribution in [2.75, 3.05) is 32.4 Å². The number of sulfonamides is 1. The number of rotatable bonds is 4. The number of benzene rings is 1. The molecule has 1 saturated heterocycles. The van der Waals surface area contributed by atoms with E-state index in [0.717, 1.165) is 22.3 Å². The van der Waals surface area contributed by atoms with Crippen molar-refractivity contribution in [2.24, 2.45) is 0 Å². The topological polar surface area (TPSA) is 83.5 Å². The lowest BCUT2D eigenvalue weighted by molar-refractivity contribution is 0.0691. The highest BCUT2D eigenvalue weighted by Crippen LogP contribution is 2.29. The molecule has 0 radical (unpaired) electrons. The van der Waals surface area contributed by atoms with Crippen LogP contribution in [0.15, 0.2) is 22.3 Å². The van der Waals surface area contributed by atoms with Crippen LogP contribution in [0.2, 0.25) is 5.02 Å². The first-order valence-corrected chi connectivity index (χ1v) is 12.6. The van der Waals surface area contributed by atoms with E-state index in [0.29, 0.717) is 10.1 Å². The van der Waals surface area contributed by atoms with Gasteiger partial charge < -0.3 is 4.90 Å². The maximum Gasteiger partial charge on any atom is 0.274 e. The zero-order valence-electron chi connectivity index (χ0n) is 17.7. The van der Waals surface area contributed by atoms with Crippen LogP contribution in [0.25, 0.3) is 0 Å². The van der Waals surface area contributed by atoms with E-state index < -0.39 is 10.0 Å². The number of hydrogen-bond donors (Lipinski definition) is 0. The molecule has 0 N–H and O–H groups in total. The molecule has 1 aromatic carbocycles. The van der Waals surface area contributed by atoms with Crippen molar-refractivity contribution in [3.63, 3.8) is 0 Å². The summed E-state index contributed by atoms with van der Waals surface area (Å²) in [6.07, 6.45) is 3.23. The summed E-state index contributed by atoms with van der Waals surface area (Å²) >= 11 is 7.45. The van der Waals surface area contributed by atoms with Gasteiger partial charge in [-0.25, -0.2) is 18.4 Å². The second-order valence-electron chi connectivity index (χ2n) is 7.34. The lowest BCUT2D eigenvalue weighted by atomic mass is 10.0. The molecule has 1 aliphatic heterocycles. The van der Waals surface area contributed by atoms with Crippen LogP contribution < -0.4 is 0 Å². The van der Waals surface area contributed by atoms with Crippen LogP contribution in [0.4, 0.5) is 0 Å². The Morgan fingerprint density at radius 3 is 2.17 bits per heavy atom. The maximum absolute atomic E-state index is 13.4. The number of thioether (sulfide) groups is 1. The predicted octanol–water partition coefficient (Wildman–Crippen LogP) is 3.23. The van der Waals surface area contributed by atoms with Gasteiger partial charge >= 0.3 is 0 Å². The van der Waals surface area contributed by atoms with E-state index in [4.69, 9.17) is 11.6 Å². The third-order valence-electron chi connectivity index (χ3n) is 5.53. The fraction of sp³-hybridized carbons (Fsp3) is 0.450. The largest absolute Gasteiger partial charge is 0.335 e. The van der Waals surface area contributed by atoms with E-state index in [1.807, 2.05) is 40.0 Å². The molecule has 1 aliphatic rings. The van der Waals surface area contributed by atoms with Gasteiger partial charge in [0, 0.05) is 26.2 Å². The molecule has 30 heavy (non-hydrogen) atoms. The number of hydrogen-bond acceptors (Lipinski definition) is 6. The third kappa shape index (κ3) is 4.21. The van der Waals surface area contributed by atoms with Crippen LogP contribution in [-0.2, 0) is 10.0 Å². The van der Waals surface area contributed by atoms with Crippen molar-refractivity contribution in [3.8, 4) is 0 Å². The molecule has 1 amide bonds. The number of halogens is 1. The quantitative estimate of drug-likeness (QED) is 0.506. The maximum atomic E-state index is 13.4. The molecule has 0 spiro atoms. The molecule has 7 nitrogen and oxygen atoms in total. The molecule has 3 rings (SSSR count). The molecule has 1 fully saturated rings. The summed E-state index contributed by atoms with van der Waals surface area (Å²) in [6, 6.07) is 2.01. The van der Waals surface area contributed by atoms with Gasteiger partial charge in [0.1, 0.15) is 0 Å². The molecule has 2 heterocycles. The molecule has 0 atom stereocenters. The van der Waals surface area contributed by atoms with E-state index in [9.17, 15) is 13.2 Å². The number of carbonyl (C=O) groups is 1. The molecule has 0 unspecified atom stereocenters. The van der Waals surface area contributed by atoms with Crippen molar-refractivity contribution in [1.82, 2.24) is 19.2 Å². The minimum Gasteiger partial charge on any atom is -0.335 e. The molecular weight excluding hydrogens is 444 g/mol. The van der Waals surface area contributed by atoms with Crippen LogP contribution in [-0.4, -0.2) is 65.9 Å². The Bertz CT molecular complexity index is 1070. The molecule has 2 aromatic rings. The molecule has 0 saturated carbocycles. The van der Waals surface area contributed by atoms with E-state index in [1.54, 1.807) is 4.90 Å². The number of nitrogens with zero attached hydrogens (tertiary/aromatic N) is 4. The minimum atomic E-state index is -3.66. The lowest BCUT2D eigenvalue weighted by Crippen LogP contribution is -2.50. The molecular formula is C20H25ClN4O3S2. The summed E-state index contributed by atoms with van der Waals surface area (Å²) in [4.78, 5) is 23.1. The Hall–Kier alpha value is -1.68. The minimum absolute atomic E-state index is 0.147. The first kappa shape index (κ1) is 23.0. The zero-order chi connectivity index (χ0) is 22.2. The Kier molecular flexibility index (Phi) is 6.76. The third-order valence-corrected chi connectivity index (χ3v) is 8.54. The number of amides is 1. The lowest BCUT2D eigenvalue weighted by Gasteiger charge is -2.34. The van der Waals surface area contributed by atoms with Gasteiger partial charge in [-0.1, -0.05) is 29.4 Å². The predicted molar refractivity (Wildman–Crippen MR) is 119 cm³/mol. The van der Waals surface area contributed by atoms with Crippen LogP contribution in [0.5, 0.6) is 0 Å². The summed E-state index contributed by atoms with van der Waals surface area (Å²) in [7, 11) is -3.66. The number of aryl methyl sites for hydroxylation is 2. The summed E-state index contributed by atoms with van der Waals surface area (Å²) in [5.41, 5.74) is 3.60. The highest BCUT2D eigenvalue weighted by molar-refractivity contribution is 7.98. The van der Waals surface area contributed by atoms with E-state index in [1.165, 1.54) is 22.3 Å². The van der Waals surface area contributed by atoms with Crippen LogP contribution >= 0.6 is 23.4 Å². The fourth-order valence-corrected chi connectivity index (χ4v) is 6.09. The average Bonchev–Trinajstić information content (AvgIpc) is 2.72. The molecule has 1 aromatic heterocycles. The van der Waals surface area contributed by atoms with Gasteiger partial charge in [0.05, 0.1) is 16.1 Å². The number of piperazine rings is 1. The number of aromatic nitrogens is 2. The average molecular weight is 469 g/mol. The SMILES string of the molecule is CSc1ncc(Cl)c(C(=O)N2CCN(S(=O)(=O)c3c(C)c(C)cc(C)c3C)CC2)n1. The second-order valence-corrected chi connectivity index (χ2v) is 10.4. The summed E-state index contributed by atoms with van der Waals surface area (Å²) in [6.45, 7) is 8.52. The first-order chi connectivity index (χ1) is 14.1. The summed E-state index contributed by atoms with van der Waals surface area (Å²) < 4.78 is 28.2. The van der Waals surface area contributed by atoms with Crippen molar-refractivity contribution < 1.29 is 13.2 Å². The molecule has 0 bridgehead atoms. The van der Waals surface area contributed by atoms with Gasteiger partial charge in [-0.05, 0) is 56.2 Å². The number of carbonyl (C=O) groups excluding carboxylic acids is 1. The Morgan fingerprint density at radius 2 is 1.63 bits per heavy atom. The highest BCUT2D eigenvalue weighted by Gasteiger charge is 2.33.